The minimum absolute atomic E-state index is 0.0718. The molecule has 1 aromatic heterocycles. The molecule has 1 heterocycles. The minimum atomic E-state index is -0.237. The Hall–Kier alpha value is -3.06. The number of aromatic nitrogens is 1. The fourth-order valence-corrected chi connectivity index (χ4v) is 4.33. The molecule has 3 rings (SSSR count). The Morgan fingerprint density at radius 3 is 2.21 bits per heavy atom. The molecule has 144 valence electrons. The number of rotatable bonds is 4. The quantitative estimate of drug-likeness (QED) is 0.606. The number of hydrogen-bond acceptors (Lipinski definition) is 5. The molecule has 3 aromatic rings. The van der Waals surface area contributed by atoms with Crippen molar-refractivity contribution in [1.82, 2.24) is 4.57 Å². The van der Waals surface area contributed by atoms with Crippen LogP contribution in [0.2, 0.25) is 0 Å². The highest BCUT2D eigenvalue weighted by Crippen LogP contribution is 2.16. The van der Waals surface area contributed by atoms with E-state index < -0.39 is 0 Å². The van der Waals surface area contributed by atoms with E-state index in [1.807, 2.05) is 66.9 Å². The lowest BCUT2D eigenvalue weighted by Crippen LogP contribution is -2.30. The van der Waals surface area contributed by atoms with E-state index in [2.05, 4.69) is 13.8 Å². The third-order valence-electron chi connectivity index (χ3n) is 4.49. The van der Waals surface area contributed by atoms with Crippen molar-refractivity contribution in [3.8, 4) is 17.8 Å². The van der Waals surface area contributed by atoms with E-state index >= 15 is 0 Å². The summed E-state index contributed by atoms with van der Waals surface area (Å²) in [6, 6.07) is 19.4. The van der Waals surface area contributed by atoms with Crippen LogP contribution >= 0.6 is 23.1 Å². The average Bonchev–Trinajstić information content (AvgIpc) is 3.05. The molecule has 0 N–H and O–H groups in total. The number of thiazole rings is 1. The normalized spacial score (nSPS) is 11.3. The maximum absolute atomic E-state index is 13.2. The van der Waals surface area contributed by atoms with Crippen molar-refractivity contribution in [1.29, 1.82) is 10.5 Å². The maximum Gasteiger partial charge on any atom is 0.273 e. The second kappa shape index (κ2) is 8.96. The Morgan fingerprint density at radius 2 is 1.69 bits per heavy atom. The fraction of sp³-hybridized carbons (Fsp3) is 0.174. The molecule has 0 saturated carbocycles. The monoisotopic (exact) mass is 417 g/mol. The zero-order valence-corrected chi connectivity index (χ0v) is 18.0. The van der Waals surface area contributed by atoms with Gasteiger partial charge >= 0.3 is 0 Å². The average molecular weight is 418 g/mol. The molecule has 0 unspecified atom stereocenters. The Kier molecular flexibility index (Phi) is 6.39. The summed E-state index contributed by atoms with van der Waals surface area (Å²) in [6.45, 7) is 4.20. The molecule has 0 aliphatic carbocycles. The summed E-state index contributed by atoms with van der Waals surface area (Å²) in [7, 11) is 0. The van der Waals surface area contributed by atoms with Crippen LogP contribution in [0.3, 0.4) is 0 Å². The number of nitriles is 2. The lowest BCUT2D eigenvalue weighted by molar-refractivity contribution is 0.864. The molecular weight excluding hydrogens is 398 g/mol. The Balaban J connectivity index is 2.27. The van der Waals surface area contributed by atoms with Crippen LogP contribution in [0.1, 0.15) is 30.9 Å². The molecule has 0 radical (unpaired) electrons. The van der Waals surface area contributed by atoms with E-state index in [9.17, 15) is 15.3 Å². The van der Waals surface area contributed by atoms with Gasteiger partial charge in [-0.3, -0.25) is 9.36 Å². The van der Waals surface area contributed by atoms with Crippen LogP contribution in [0.5, 0.6) is 0 Å². The number of benzene rings is 2. The smallest absolute Gasteiger partial charge is 0.267 e. The van der Waals surface area contributed by atoms with E-state index in [0.717, 1.165) is 27.4 Å². The van der Waals surface area contributed by atoms with Gasteiger partial charge in [-0.15, -0.1) is 23.1 Å². The van der Waals surface area contributed by atoms with Crippen LogP contribution in [0.25, 0.3) is 17.3 Å². The van der Waals surface area contributed by atoms with Gasteiger partial charge < -0.3 is 0 Å². The Labute approximate surface area is 177 Å². The first-order valence-electron chi connectivity index (χ1n) is 9.01. The van der Waals surface area contributed by atoms with Gasteiger partial charge in [0.05, 0.1) is 10.2 Å². The molecule has 2 aromatic carbocycles. The van der Waals surface area contributed by atoms with E-state index in [1.54, 1.807) is 17.8 Å². The molecule has 0 saturated heterocycles. The summed E-state index contributed by atoms with van der Waals surface area (Å²) in [5.41, 5.74) is 2.39. The highest BCUT2D eigenvalue weighted by atomic mass is 32.2. The molecule has 0 aliphatic heterocycles. The van der Waals surface area contributed by atoms with Gasteiger partial charge in [0.2, 0.25) is 0 Å². The standard InChI is InChI=1S/C23H19N3OS2/c1-15(2)17-6-8-19(9-7-17)26-22(27)21(29-23(26)18(13-24)14-25)12-16-4-10-20(28-3)11-5-16/h4-12,15H,1-3H3/b21-12-. The van der Waals surface area contributed by atoms with Gasteiger partial charge in [-0.05, 0) is 53.6 Å². The van der Waals surface area contributed by atoms with Crippen molar-refractivity contribution in [2.75, 3.05) is 6.26 Å². The summed E-state index contributed by atoms with van der Waals surface area (Å²) >= 11 is 2.81. The van der Waals surface area contributed by atoms with Crippen molar-refractivity contribution >= 4 is 34.7 Å². The molecule has 0 amide bonds. The summed E-state index contributed by atoms with van der Waals surface area (Å²) in [6.07, 6.45) is 3.81. The summed E-state index contributed by atoms with van der Waals surface area (Å²) in [5.74, 6) is 0.371. The third kappa shape index (κ3) is 4.35. The predicted molar refractivity (Wildman–Crippen MR) is 120 cm³/mol. The Bertz CT molecular complexity index is 1270. The van der Waals surface area contributed by atoms with Crippen LogP contribution < -0.4 is 14.8 Å². The minimum Gasteiger partial charge on any atom is -0.267 e. The van der Waals surface area contributed by atoms with Gasteiger partial charge in [-0.2, -0.15) is 10.5 Å². The van der Waals surface area contributed by atoms with Gasteiger partial charge in [0.25, 0.3) is 5.56 Å². The van der Waals surface area contributed by atoms with Crippen molar-refractivity contribution in [2.24, 2.45) is 0 Å². The predicted octanol–water partition coefficient (Wildman–Crippen LogP) is 3.77. The number of hydrogen-bond donors (Lipinski definition) is 0. The molecule has 0 bridgehead atoms. The zero-order chi connectivity index (χ0) is 21.0. The highest BCUT2D eigenvalue weighted by molar-refractivity contribution is 7.98. The van der Waals surface area contributed by atoms with E-state index in [-0.39, 0.29) is 11.1 Å². The molecule has 0 aliphatic rings. The lowest BCUT2D eigenvalue weighted by atomic mass is 10.0. The largest absolute Gasteiger partial charge is 0.273 e. The molecule has 4 nitrogen and oxygen atoms in total. The van der Waals surface area contributed by atoms with Crippen LogP contribution in [-0.2, 0) is 0 Å². The molecule has 29 heavy (non-hydrogen) atoms. The first kappa shape index (κ1) is 20.7. The first-order chi connectivity index (χ1) is 14.0. The second-order valence-electron chi connectivity index (χ2n) is 6.67. The molecule has 0 atom stereocenters. The van der Waals surface area contributed by atoms with E-state index in [4.69, 9.17) is 0 Å². The van der Waals surface area contributed by atoms with Gasteiger partial charge in [-0.25, -0.2) is 0 Å². The van der Waals surface area contributed by atoms with Crippen LogP contribution in [0.15, 0.2) is 58.2 Å². The SMILES string of the molecule is CSc1ccc(/C=c2\sc(=C(C#N)C#N)n(-c3ccc(C(C)C)cc3)c2=O)cc1. The van der Waals surface area contributed by atoms with Crippen LogP contribution in [0, 0.1) is 22.7 Å². The van der Waals surface area contributed by atoms with Crippen molar-refractivity contribution < 1.29 is 0 Å². The molecular formula is C23H19N3OS2. The number of nitrogens with zero attached hydrogens (tertiary/aromatic N) is 3. The third-order valence-corrected chi connectivity index (χ3v) is 6.33. The topological polar surface area (TPSA) is 69.6 Å². The first-order valence-corrected chi connectivity index (χ1v) is 11.0. The maximum atomic E-state index is 13.2. The van der Waals surface area contributed by atoms with Crippen LogP contribution in [0.4, 0.5) is 0 Å². The van der Waals surface area contributed by atoms with E-state index in [0.29, 0.717) is 20.8 Å². The van der Waals surface area contributed by atoms with E-state index in [1.165, 1.54) is 4.57 Å². The summed E-state index contributed by atoms with van der Waals surface area (Å²) in [5, 5.41) is 18.8. The van der Waals surface area contributed by atoms with Gasteiger partial charge in [0.1, 0.15) is 16.8 Å². The molecule has 0 spiro atoms. The highest BCUT2D eigenvalue weighted by Gasteiger charge is 2.11. The van der Waals surface area contributed by atoms with Crippen molar-refractivity contribution in [3.05, 3.63) is 79.2 Å². The Morgan fingerprint density at radius 1 is 1.07 bits per heavy atom. The fourth-order valence-electron chi connectivity index (χ4n) is 2.86. The summed E-state index contributed by atoms with van der Waals surface area (Å²) in [4.78, 5) is 14.3. The zero-order valence-electron chi connectivity index (χ0n) is 16.3. The van der Waals surface area contributed by atoms with Gasteiger partial charge in [0.15, 0.2) is 5.57 Å². The van der Waals surface area contributed by atoms with Crippen LogP contribution in [-0.4, -0.2) is 10.8 Å². The number of thioether (sulfide) groups is 1. The molecule has 0 fully saturated rings. The summed E-state index contributed by atoms with van der Waals surface area (Å²) < 4.78 is 2.29. The molecule has 6 heteroatoms. The van der Waals surface area contributed by atoms with Crippen molar-refractivity contribution in [2.45, 2.75) is 24.7 Å². The van der Waals surface area contributed by atoms with Crippen molar-refractivity contribution in [3.63, 3.8) is 0 Å². The lowest BCUT2D eigenvalue weighted by Gasteiger charge is -2.07. The second-order valence-corrected chi connectivity index (χ2v) is 8.58. The van der Waals surface area contributed by atoms with Gasteiger partial charge in [-0.1, -0.05) is 38.1 Å². The van der Waals surface area contributed by atoms with Gasteiger partial charge in [0, 0.05) is 4.90 Å².